The van der Waals surface area contributed by atoms with E-state index in [1.807, 2.05) is 11.9 Å². The lowest BCUT2D eigenvalue weighted by Gasteiger charge is -2.16. The summed E-state index contributed by atoms with van der Waals surface area (Å²) in [6.45, 7) is 0.966. The average Bonchev–Trinajstić information content (AvgIpc) is 2.48. The van der Waals surface area contributed by atoms with Crippen molar-refractivity contribution in [1.29, 1.82) is 0 Å². The van der Waals surface area contributed by atoms with Gasteiger partial charge in [0.15, 0.2) is 5.78 Å². The lowest BCUT2D eigenvalue weighted by Crippen LogP contribution is -2.22. The van der Waals surface area contributed by atoms with Gasteiger partial charge in [0.1, 0.15) is 11.6 Å². The number of carbonyl (C=O) groups is 1. The number of benzene rings is 2. The zero-order valence-corrected chi connectivity index (χ0v) is 11.9. The molecule has 0 spiro atoms. The summed E-state index contributed by atoms with van der Waals surface area (Å²) in [6.07, 6.45) is 0.316. The van der Waals surface area contributed by atoms with E-state index >= 15 is 0 Å². The first-order chi connectivity index (χ1) is 10.1. The number of hydrogen-bond acceptors (Lipinski definition) is 2. The van der Waals surface area contributed by atoms with Crippen molar-refractivity contribution >= 4 is 5.78 Å². The van der Waals surface area contributed by atoms with Crippen molar-refractivity contribution in [1.82, 2.24) is 4.90 Å². The van der Waals surface area contributed by atoms with Gasteiger partial charge in [-0.1, -0.05) is 18.2 Å². The quantitative estimate of drug-likeness (QED) is 0.756. The Bertz CT molecular complexity index is 610. The van der Waals surface area contributed by atoms with Crippen molar-refractivity contribution in [2.75, 3.05) is 13.6 Å². The summed E-state index contributed by atoms with van der Waals surface area (Å²) in [5, 5.41) is 0. The molecule has 110 valence electrons. The van der Waals surface area contributed by atoms with Crippen LogP contribution in [0.25, 0.3) is 0 Å². The van der Waals surface area contributed by atoms with Gasteiger partial charge in [0.2, 0.25) is 0 Å². The molecular formula is C17H17F2NO. The number of hydrogen-bond donors (Lipinski definition) is 0. The van der Waals surface area contributed by atoms with Gasteiger partial charge in [-0.15, -0.1) is 0 Å². The van der Waals surface area contributed by atoms with Crippen LogP contribution in [0.2, 0.25) is 0 Å². The predicted molar refractivity (Wildman–Crippen MR) is 78.1 cm³/mol. The topological polar surface area (TPSA) is 20.3 Å². The molecule has 0 saturated heterocycles. The molecule has 0 amide bonds. The first kappa shape index (κ1) is 15.3. The number of ketones is 1. The van der Waals surface area contributed by atoms with Crippen molar-refractivity contribution in [3.63, 3.8) is 0 Å². The molecule has 0 aliphatic carbocycles. The first-order valence-corrected chi connectivity index (χ1v) is 6.77. The highest BCUT2D eigenvalue weighted by Crippen LogP contribution is 2.10. The minimum Gasteiger partial charge on any atom is -0.302 e. The fourth-order valence-electron chi connectivity index (χ4n) is 2.07. The highest BCUT2D eigenvalue weighted by atomic mass is 19.1. The van der Waals surface area contributed by atoms with Gasteiger partial charge in [0, 0.05) is 30.6 Å². The molecule has 0 atom stereocenters. The number of Topliss-reactive ketones (excluding diaryl/α,β-unsaturated/α-hetero) is 1. The molecule has 2 aromatic rings. The summed E-state index contributed by atoms with van der Waals surface area (Å²) in [5.41, 5.74) is 1.10. The number of nitrogens with zero attached hydrogens (tertiary/aromatic N) is 1. The average molecular weight is 289 g/mol. The number of carbonyl (C=O) groups excluding carboxylic acids is 1. The van der Waals surface area contributed by atoms with Crippen LogP contribution in [-0.2, 0) is 6.54 Å². The largest absolute Gasteiger partial charge is 0.302 e. The number of halogens is 2. The summed E-state index contributed by atoms with van der Waals surface area (Å²) in [6, 6.07) is 12.1. The van der Waals surface area contributed by atoms with Crippen LogP contribution < -0.4 is 0 Å². The van der Waals surface area contributed by atoms with E-state index in [0.717, 1.165) is 0 Å². The van der Waals surface area contributed by atoms with Crippen LogP contribution in [0.15, 0.2) is 48.5 Å². The zero-order valence-electron chi connectivity index (χ0n) is 11.9. The van der Waals surface area contributed by atoms with Crippen molar-refractivity contribution in [2.24, 2.45) is 0 Å². The third-order valence-corrected chi connectivity index (χ3v) is 3.28. The fraction of sp³-hybridized carbons (Fsp3) is 0.235. The molecular weight excluding hydrogens is 272 g/mol. The van der Waals surface area contributed by atoms with E-state index in [1.165, 1.54) is 30.3 Å². The molecule has 0 heterocycles. The SMILES string of the molecule is CN(CCC(=O)c1ccc(F)cc1)Cc1ccccc1F. The molecule has 0 N–H and O–H groups in total. The van der Waals surface area contributed by atoms with E-state index in [4.69, 9.17) is 0 Å². The smallest absolute Gasteiger partial charge is 0.164 e. The Kier molecular flexibility index (Phi) is 5.17. The Morgan fingerprint density at radius 3 is 2.38 bits per heavy atom. The molecule has 0 saturated carbocycles. The number of rotatable bonds is 6. The Labute approximate surface area is 123 Å². The van der Waals surface area contributed by atoms with Crippen molar-refractivity contribution in [3.8, 4) is 0 Å². The molecule has 0 aliphatic heterocycles. The molecule has 2 rings (SSSR count). The van der Waals surface area contributed by atoms with Gasteiger partial charge in [-0.3, -0.25) is 4.79 Å². The van der Waals surface area contributed by atoms with Gasteiger partial charge in [-0.05, 0) is 37.4 Å². The van der Waals surface area contributed by atoms with Gasteiger partial charge >= 0.3 is 0 Å². The second-order valence-electron chi connectivity index (χ2n) is 5.01. The first-order valence-electron chi connectivity index (χ1n) is 6.77. The van der Waals surface area contributed by atoms with E-state index in [-0.39, 0.29) is 17.4 Å². The molecule has 21 heavy (non-hydrogen) atoms. The van der Waals surface area contributed by atoms with Crippen LogP contribution in [0.4, 0.5) is 8.78 Å². The molecule has 0 aromatic heterocycles. The Morgan fingerprint density at radius 1 is 1.05 bits per heavy atom. The van der Waals surface area contributed by atoms with Crippen LogP contribution in [0.5, 0.6) is 0 Å². The molecule has 0 aliphatic rings. The van der Waals surface area contributed by atoms with E-state index < -0.39 is 0 Å². The van der Waals surface area contributed by atoms with Crippen molar-refractivity contribution in [3.05, 3.63) is 71.3 Å². The van der Waals surface area contributed by atoms with Crippen molar-refractivity contribution < 1.29 is 13.6 Å². The standard InChI is InChI=1S/C17H17F2NO/c1-20(12-14-4-2-3-5-16(14)19)11-10-17(21)13-6-8-15(18)9-7-13/h2-9H,10-12H2,1H3. The summed E-state index contributed by atoms with van der Waals surface area (Å²) >= 11 is 0. The molecule has 0 radical (unpaired) electrons. The lowest BCUT2D eigenvalue weighted by atomic mass is 10.1. The predicted octanol–water partition coefficient (Wildman–Crippen LogP) is 3.67. The normalized spacial score (nSPS) is 10.9. The summed E-state index contributed by atoms with van der Waals surface area (Å²) < 4.78 is 26.3. The molecule has 0 bridgehead atoms. The van der Waals surface area contributed by atoms with E-state index in [9.17, 15) is 13.6 Å². The zero-order chi connectivity index (χ0) is 15.2. The molecule has 2 aromatic carbocycles. The Morgan fingerprint density at radius 2 is 1.71 bits per heavy atom. The van der Waals surface area contributed by atoms with E-state index in [0.29, 0.717) is 30.6 Å². The van der Waals surface area contributed by atoms with Gasteiger partial charge in [-0.2, -0.15) is 0 Å². The van der Waals surface area contributed by atoms with Crippen LogP contribution in [0.1, 0.15) is 22.3 Å². The van der Waals surface area contributed by atoms with Gasteiger partial charge in [0.25, 0.3) is 0 Å². The summed E-state index contributed by atoms with van der Waals surface area (Å²) in [5.74, 6) is -0.646. The summed E-state index contributed by atoms with van der Waals surface area (Å²) in [4.78, 5) is 13.8. The van der Waals surface area contributed by atoms with E-state index in [2.05, 4.69) is 0 Å². The summed E-state index contributed by atoms with van der Waals surface area (Å²) in [7, 11) is 1.84. The lowest BCUT2D eigenvalue weighted by molar-refractivity contribution is 0.0967. The van der Waals surface area contributed by atoms with Crippen LogP contribution in [0.3, 0.4) is 0 Å². The van der Waals surface area contributed by atoms with Gasteiger partial charge in [0.05, 0.1) is 0 Å². The minimum atomic E-state index is -0.358. The maximum Gasteiger partial charge on any atom is 0.164 e. The van der Waals surface area contributed by atoms with E-state index in [1.54, 1.807) is 18.2 Å². The molecule has 2 nitrogen and oxygen atoms in total. The Balaban J connectivity index is 1.86. The third-order valence-electron chi connectivity index (χ3n) is 3.28. The van der Waals surface area contributed by atoms with Gasteiger partial charge in [-0.25, -0.2) is 8.78 Å². The highest BCUT2D eigenvalue weighted by Gasteiger charge is 2.09. The fourth-order valence-corrected chi connectivity index (χ4v) is 2.07. The van der Waals surface area contributed by atoms with Crippen molar-refractivity contribution in [2.45, 2.75) is 13.0 Å². The molecule has 0 unspecified atom stereocenters. The molecule has 4 heteroatoms. The highest BCUT2D eigenvalue weighted by molar-refractivity contribution is 5.96. The van der Waals surface area contributed by atoms with Gasteiger partial charge < -0.3 is 4.90 Å². The van der Waals surface area contributed by atoms with Crippen LogP contribution in [0, 0.1) is 11.6 Å². The third kappa shape index (κ3) is 4.46. The second kappa shape index (κ2) is 7.09. The van der Waals surface area contributed by atoms with Crippen LogP contribution in [-0.4, -0.2) is 24.3 Å². The second-order valence-corrected chi connectivity index (χ2v) is 5.01. The monoisotopic (exact) mass is 289 g/mol. The Hall–Kier alpha value is -2.07. The maximum absolute atomic E-state index is 13.5. The minimum absolute atomic E-state index is 0.0459. The molecule has 0 fully saturated rings. The maximum atomic E-state index is 13.5. The van der Waals surface area contributed by atoms with Crippen LogP contribution >= 0.6 is 0 Å².